The summed E-state index contributed by atoms with van der Waals surface area (Å²) in [5.74, 6) is 0.423. The minimum atomic E-state index is -0.797. The molecule has 0 saturated heterocycles. The summed E-state index contributed by atoms with van der Waals surface area (Å²) in [5.41, 5.74) is 0.775. The Balaban J connectivity index is 2.09. The number of esters is 1. The average Bonchev–Trinajstić information content (AvgIpc) is 3.15. The second kappa shape index (κ2) is 9.66. The van der Waals surface area contributed by atoms with E-state index in [9.17, 15) is 4.79 Å². The summed E-state index contributed by atoms with van der Waals surface area (Å²) in [6.07, 6.45) is 0. The molecule has 1 aromatic heterocycles. The number of ether oxygens (including phenoxy) is 4. The summed E-state index contributed by atoms with van der Waals surface area (Å²) in [6.45, 7) is 5.63. The van der Waals surface area contributed by atoms with Crippen LogP contribution in [0, 0.1) is 0 Å². The van der Waals surface area contributed by atoms with Gasteiger partial charge in [-0.3, -0.25) is 4.79 Å². The topological polar surface area (TPSA) is 66.9 Å². The van der Waals surface area contributed by atoms with E-state index in [1.165, 1.54) is 18.4 Å². The van der Waals surface area contributed by atoms with Gasteiger partial charge in [-0.05, 0) is 26.0 Å². The van der Waals surface area contributed by atoms with Crippen LogP contribution in [0.1, 0.15) is 19.5 Å². The van der Waals surface area contributed by atoms with Crippen LogP contribution in [-0.4, -0.2) is 51.6 Å². The molecule has 2 aromatic rings. The van der Waals surface area contributed by atoms with Crippen molar-refractivity contribution in [2.75, 3.05) is 40.6 Å². The van der Waals surface area contributed by atoms with E-state index in [0.29, 0.717) is 32.1 Å². The van der Waals surface area contributed by atoms with Crippen LogP contribution < -0.4 is 4.74 Å². The molecule has 0 radical (unpaired) electrons. The summed E-state index contributed by atoms with van der Waals surface area (Å²) >= 11 is 1.48. The molecule has 0 bridgehead atoms. The van der Waals surface area contributed by atoms with Gasteiger partial charge in [0.25, 0.3) is 0 Å². The van der Waals surface area contributed by atoms with Crippen molar-refractivity contribution in [2.45, 2.75) is 19.3 Å². The van der Waals surface area contributed by atoms with Gasteiger partial charge in [-0.2, -0.15) is 0 Å². The lowest BCUT2D eigenvalue weighted by atomic mass is 9.90. The monoisotopic (exact) mass is 379 g/mol. The van der Waals surface area contributed by atoms with Gasteiger partial charge in [-0.25, -0.2) is 4.98 Å². The second-order valence-electron chi connectivity index (χ2n) is 6.10. The molecule has 0 spiro atoms. The van der Waals surface area contributed by atoms with Crippen LogP contribution in [0.4, 0.5) is 0 Å². The number of rotatable bonds is 10. The number of carbonyl (C=O) groups excluding carboxylic acids is 1. The number of hydrogen-bond donors (Lipinski definition) is 0. The molecule has 0 N–H and O–H groups in total. The maximum Gasteiger partial charge on any atom is 0.317 e. The number of thiazole rings is 1. The highest BCUT2D eigenvalue weighted by Crippen LogP contribution is 2.35. The van der Waals surface area contributed by atoms with Gasteiger partial charge in [0.15, 0.2) is 0 Å². The van der Waals surface area contributed by atoms with E-state index in [4.69, 9.17) is 18.9 Å². The first-order valence-electron chi connectivity index (χ1n) is 8.34. The summed E-state index contributed by atoms with van der Waals surface area (Å²) in [6, 6.07) is 7.70. The molecular formula is C19H25NO5S. The summed E-state index contributed by atoms with van der Waals surface area (Å²) < 4.78 is 21.1. The molecule has 2 rings (SSSR count). The number of carbonyl (C=O) groups is 1. The number of hydrogen-bond acceptors (Lipinski definition) is 7. The van der Waals surface area contributed by atoms with Crippen LogP contribution in [0.3, 0.4) is 0 Å². The molecule has 7 heteroatoms. The lowest BCUT2D eigenvalue weighted by Crippen LogP contribution is -2.30. The smallest absolute Gasteiger partial charge is 0.317 e. The van der Waals surface area contributed by atoms with Gasteiger partial charge < -0.3 is 18.9 Å². The molecule has 1 heterocycles. The van der Waals surface area contributed by atoms with Crippen molar-refractivity contribution in [3.63, 3.8) is 0 Å². The van der Waals surface area contributed by atoms with Gasteiger partial charge in [-0.15, -0.1) is 11.3 Å². The van der Waals surface area contributed by atoms with Crippen LogP contribution in [0.15, 0.2) is 29.6 Å². The van der Waals surface area contributed by atoms with Crippen LogP contribution in [0.2, 0.25) is 0 Å². The fraction of sp³-hybridized carbons (Fsp3) is 0.474. The van der Waals surface area contributed by atoms with Crippen molar-refractivity contribution in [1.29, 1.82) is 0 Å². The molecule has 0 atom stereocenters. The van der Waals surface area contributed by atoms with Crippen molar-refractivity contribution in [2.24, 2.45) is 0 Å². The minimum absolute atomic E-state index is 0.313. The third-order valence-corrected chi connectivity index (χ3v) is 4.75. The number of nitrogens with zero attached hydrogens (tertiary/aromatic N) is 1. The third-order valence-electron chi connectivity index (χ3n) is 3.87. The van der Waals surface area contributed by atoms with Crippen molar-refractivity contribution in [3.8, 4) is 16.3 Å². The largest absolute Gasteiger partial charge is 0.490 e. The molecule has 1 aromatic carbocycles. The molecule has 6 nitrogen and oxygen atoms in total. The summed E-state index contributed by atoms with van der Waals surface area (Å²) in [4.78, 5) is 16.6. The summed E-state index contributed by atoms with van der Waals surface area (Å²) in [5, 5.41) is 2.68. The number of aromatic nitrogens is 1. The maximum atomic E-state index is 12.0. The third kappa shape index (κ3) is 5.03. The van der Waals surface area contributed by atoms with E-state index in [1.807, 2.05) is 29.6 Å². The molecule has 0 saturated carbocycles. The normalized spacial score (nSPS) is 11.4. The Labute approximate surface area is 158 Å². The fourth-order valence-corrected chi connectivity index (χ4v) is 3.29. The van der Waals surface area contributed by atoms with Gasteiger partial charge in [-0.1, -0.05) is 12.1 Å². The number of methoxy groups -OCH3 is 2. The second-order valence-corrected chi connectivity index (χ2v) is 6.96. The molecule has 0 fully saturated rings. The standard InChI is InChI=1S/C19H25NO5S/c1-19(2,18(21)23-4)16-13-26-17(20-16)14-7-5-6-8-15(14)25-12-11-24-10-9-22-3/h5-8,13H,9-12H2,1-4H3. The zero-order valence-corrected chi connectivity index (χ0v) is 16.4. The quantitative estimate of drug-likeness (QED) is 0.466. The van der Waals surface area contributed by atoms with Gasteiger partial charge in [0.2, 0.25) is 0 Å². The van der Waals surface area contributed by atoms with E-state index in [1.54, 1.807) is 21.0 Å². The molecule has 0 amide bonds. The molecule has 142 valence electrons. The van der Waals surface area contributed by atoms with Crippen molar-refractivity contribution < 1.29 is 23.7 Å². The number of para-hydroxylation sites is 1. The zero-order valence-electron chi connectivity index (χ0n) is 15.6. The predicted octanol–water partition coefficient (Wildman–Crippen LogP) is 3.30. The number of benzene rings is 1. The van der Waals surface area contributed by atoms with Crippen molar-refractivity contribution in [3.05, 3.63) is 35.3 Å². The molecule has 0 aliphatic heterocycles. The Morgan fingerprint density at radius 2 is 1.85 bits per heavy atom. The highest BCUT2D eigenvalue weighted by Gasteiger charge is 2.33. The fourth-order valence-electron chi connectivity index (χ4n) is 2.27. The molecule has 0 aliphatic carbocycles. The Morgan fingerprint density at radius 3 is 2.58 bits per heavy atom. The molecule has 26 heavy (non-hydrogen) atoms. The Morgan fingerprint density at radius 1 is 1.12 bits per heavy atom. The Bertz CT molecular complexity index is 713. The molecule has 0 aliphatic rings. The highest BCUT2D eigenvalue weighted by atomic mass is 32.1. The van der Waals surface area contributed by atoms with Gasteiger partial charge in [0.1, 0.15) is 22.8 Å². The van der Waals surface area contributed by atoms with Crippen LogP contribution in [0.25, 0.3) is 10.6 Å². The van der Waals surface area contributed by atoms with Crippen molar-refractivity contribution in [1.82, 2.24) is 4.98 Å². The van der Waals surface area contributed by atoms with Crippen LogP contribution in [-0.2, 0) is 24.4 Å². The van der Waals surface area contributed by atoms with E-state index in [-0.39, 0.29) is 5.97 Å². The van der Waals surface area contributed by atoms with Gasteiger partial charge in [0.05, 0.1) is 38.2 Å². The SMILES string of the molecule is COCCOCCOc1ccccc1-c1nc(C(C)(C)C(=O)OC)cs1. The van der Waals surface area contributed by atoms with E-state index in [0.717, 1.165) is 16.3 Å². The highest BCUT2D eigenvalue weighted by molar-refractivity contribution is 7.13. The predicted molar refractivity (Wildman–Crippen MR) is 101 cm³/mol. The Kier molecular flexibility index (Phi) is 7.56. The first kappa shape index (κ1) is 20.4. The van der Waals surface area contributed by atoms with Crippen LogP contribution >= 0.6 is 11.3 Å². The molecular weight excluding hydrogens is 354 g/mol. The van der Waals surface area contributed by atoms with Crippen LogP contribution in [0.5, 0.6) is 5.75 Å². The maximum absolute atomic E-state index is 12.0. The average molecular weight is 379 g/mol. The minimum Gasteiger partial charge on any atom is -0.490 e. The van der Waals surface area contributed by atoms with E-state index in [2.05, 4.69) is 4.98 Å². The lowest BCUT2D eigenvalue weighted by molar-refractivity contribution is -0.146. The first-order valence-corrected chi connectivity index (χ1v) is 9.22. The molecule has 0 unspecified atom stereocenters. The van der Waals surface area contributed by atoms with E-state index >= 15 is 0 Å². The first-order chi connectivity index (χ1) is 12.5. The summed E-state index contributed by atoms with van der Waals surface area (Å²) in [7, 11) is 3.02. The Hall–Kier alpha value is -1.96. The van der Waals surface area contributed by atoms with Gasteiger partial charge in [0, 0.05) is 12.5 Å². The lowest BCUT2D eigenvalue weighted by Gasteiger charge is -2.18. The van der Waals surface area contributed by atoms with E-state index < -0.39 is 5.41 Å². The van der Waals surface area contributed by atoms with Gasteiger partial charge >= 0.3 is 5.97 Å². The zero-order chi connectivity index (χ0) is 19.0. The van der Waals surface area contributed by atoms with Crippen molar-refractivity contribution >= 4 is 17.3 Å².